The molecule has 0 spiro atoms. The van der Waals surface area contributed by atoms with Crippen LogP contribution in [0, 0.1) is 5.92 Å². The Balaban J connectivity index is 4.19. The van der Waals surface area contributed by atoms with Crippen molar-refractivity contribution in [2.75, 3.05) is 13.2 Å². The second kappa shape index (κ2) is 6.11. The van der Waals surface area contributed by atoms with E-state index in [1.807, 2.05) is 0 Å². The largest absolute Gasteiger partial charge is 0.481 e. The fraction of sp³-hybridized carbons (Fsp3) is 0.800. The lowest BCUT2D eigenvalue weighted by Gasteiger charge is -2.13. The maximum Gasteiger partial charge on any atom is 0.481 e. The first-order valence-corrected chi connectivity index (χ1v) is 6.95. The minimum atomic E-state index is -5.15. The summed E-state index contributed by atoms with van der Waals surface area (Å²) in [6.45, 7) is 0.167. The summed E-state index contributed by atoms with van der Waals surface area (Å²) >= 11 is 0. The van der Waals surface area contributed by atoms with E-state index < -0.39 is 35.0 Å². The summed E-state index contributed by atoms with van der Waals surface area (Å²) in [6.07, 6.45) is -1.34. The van der Waals surface area contributed by atoms with Crippen LogP contribution < -0.4 is 0 Å². The molecular weight excluding hydrogens is 266 g/mol. The molecule has 0 saturated heterocycles. The zero-order chi connectivity index (χ0) is 13.0. The molecule has 0 radical (unpaired) electrons. The molecule has 2 atom stereocenters. The van der Waals surface area contributed by atoms with Crippen LogP contribution in [-0.2, 0) is 18.0 Å². The van der Waals surface area contributed by atoms with Gasteiger partial charge in [-0.15, -0.1) is 0 Å². The maximum atomic E-state index is 10.9. The maximum absolute atomic E-state index is 10.9. The van der Waals surface area contributed by atoms with Gasteiger partial charge in [0, 0.05) is 0 Å². The number of phosphoric ester groups is 1. The highest BCUT2D eigenvalue weighted by Gasteiger charge is 2.35. The van der Waals surface area contributed by atoms with Crippen molar-refractivity contribution in [3.05, 3.63) is 5.92 Å². The van der Waals surface area contributed by atoms with Gasteiger partial charge in [-0.2, -0.15) is 4.31 Å². The highest BCUT2D eigenvalue weighted by molar-refractivity contribution is 7.60. The lowest BCUT2D eigenvalue weighted by molar-refractivity contribution is 0.0806. The van der Waals surface area contributed by atoms with Gasteiger partial charge in [-0.3, -0.25) is 4.52 Å². The van der Waals surface area contributed by atoms with E-state index in [9.17, 15) is 14.2 Å². The van der Waals surface area contributed by atoms with E-state index in [1.54, 1.807) is 0 Å². The van der Waals surface area contributed by atoms with E-state index in [0.717, 1.165) is 0 Å². The zero-order valence-corrected chi connectivity index (χ0v) is 10.0. The standard InChI is InChI=1S/C5H12O9P2/c1-4(2-6)5(7)3-13-16(11,12)14-15(8,9)10/h5-7H,2-3H2,1H3,(H2-,8,9,10,11,12)/p+1/t5-/m1/s1. The molecule has 0 fully saturated rings. The van der Waals surface area contributed by atoms with Crippen LogP contribution in [0.4, 0.5) is 0 Å². The number of hydrogen-bond donors (Lipinski definition) is 5. The van der Waals surface area contributed by atoms with Crippen LogP contribution in [0.25, 0.3) is 0 Å². The summed E-state index contributed by atoms with van der Waals surface area (Å²) in [5, 5.41) is 17.8. The molecule has 0 saturated carbocycles. The van der Waals surface area contributed by atoms with Gasteiger partial charge in [-0.1, -0.05) is 0 Å². The van der Waals surface area contributed by atoms with Crippen molar-refractivity contribution in [2.24, 2.45) is 0 Å². The first kappa shape index (κ1) is 16.1. The fourth-order valence-electron chi connectivity index (χ4n) is 0.570. The van der Waals surface area contributed by atoms with Crippen molar-refractivity contribution < 1.29 is 42.9 Å². The van der Waals surface area contributed by atoms with E-state index in [-0.39, 0.29) is 5.92 Å². The van der Waals surface area contributed by atoms with Crippen LogP contribution >= 0.6 is 15.6 Å². The molecule has 0 bridgehead atoms. The molecule has 0 aliphatic heterocycles. The molecule has 9 nitrogen and oxygen atoms in total. The summed E-state index contributed by atoms with van der Waals surface area (Å²) < 4.78 is 28.7. The van der Waals surface area contributed by atoms with Crippen molar-refractivity contribution in [3.63, 3.8) is 0 Å². The van der Waals surface area contributed by atoms with E-state index in [4.69, 9.17) is 19.8 Å². The molecule has 0 aromatic rings. The van der Waals surface area contributed by atoms with Crippen LogP contribution in [0.5, 0.6) is 0 Å². The van der Waals surface area contributed by atoms with Crippen molar-refractivity contribution in [1.82, 2.24) is 0 Å². The molecule has 0 heterocycles. The fourth-order valence-corrected chi connectivity index (χ4v) is 2.16. The summed E-state index contributed by atoms with van der Waals surface area (Å²) in [5.74, 6) is 0.163. The predicted molar refractivity (Wildman–Crippen MR) is 50.9 cm³/mol. The normalized spacial score (nSPS) is 17.9. The van der Waals surface area contributed by atoms with Gasteiger partial charge in [0.15, 0.2) is 6.61 Å². The molecule has 0 aromatic carbocycles. The monoisotopic (exact) mass is 279 g/mol. The minimum absolute atomic E-state index is 0.163. The van der Waals surface area contributed by atoms with E-state index >= 15 is 0 Å². The number of phosphoric acid groups is 2. The minimum Gasteiger partial charge on any atom is -0.355 e. The third-order valence-corrected chi connectivity index (χ3v) is 3.58. The van der Waals surface area contributed by atoms with Gasteiger partial charge >= 0.3 is 15.6 Å². The molecule has 11 heteroatoms. The number of hydrogen-bond acceptors (Lipinski definition) is 6. The quantitative estimate of drug-likeness (QED) is 0.296. The molecule has 96 valence electrons. The first-order chi connectivity index (χ1) is 7.07. The summed E-state index contributed by atoms with van der Waals surface area (Å²) in [6, 6.07) is 0. The molecule has 0 aliphatic rings. The molecule has 0 amide bonds. The second-order valence-corrected chi connectivity index (χ2v) is 5.69. The molecular formula is C5H13O9P2+. The topological polar surface area (TPSA) is 154 Å². The van der Waals surface area contributed by atoms with Crippen molar-refractivity contribution in [2.45, 2.75) is 13.0 Å². The Labute approximate surface area is 91.5 Å². The van der Waals surface area contributed by atoms with Crippen molar-refractivity contribution >= 4 is 15.6 Å². The second-order valence-electron chi connectivity index (χ2n) is 2.86. The molecule has 5 N–H and O–H groups in total. The van der Waals surface area contributed by atoms with E-state index in [0.29, 0.717) is 0 Å². The van der Waals surface area contributed by atoms with Crippen LogP contribution in [0.15, 0.2) is 0 Å². The van der Waals surface area contributed by atoms with Crippen molar-refractivity contribution in [1.29, 1.82) is 0 Å². The highest BCUT2D eigenvalue weighted by Crippen LogP contribution is 2.57. The Bertz CT molecular complexity index is 298. The molecule has 0 aliphatic carbocycles. The van der Waals surface area contributed by atoms with Gasteiger partial charge in [0.25, 0.3) is 0 Å². The summed E-state index contributed by atoms with van der Waals surface area (Å²) in [7, 11) is -10.1. The van der Waals surface area contributed by atoms with E-state index in [1.165, 1.54) is 6.92 Å². The van der Waals surface area contributed by atoms with Gasteiger partial charge in [0.05, 0.1) is 6.92 Å². The number of aliphatic hydroxyl groups is 2. The predicted octanol–water partition coefficient (Wildman–Crippen LogP) is -0.840. The Morgan fingerprint density at radius 2 is 1.81 bits per heavy atom. The Kier molecular flexibility index (Phi) is 6.13. The number of aliphatic hydroxyl groups excluding tert-OH is 2. The third kappa shape index (κ3) is 7.34. The summed E-state index contributed by atoms with van der Waals surface area (Å²) in [5.41, 5.74) is 0. The molecule has 0 aromatic heterocycles. The lowest BCUT2D eigenvalue weighted by Crippen LogP contribution is -2.24. The van der Waals surface area contributed by atoms with Crippen LogP contribution in [0.1, 0.15) is 6.92 Å². The van der Waals surface area contributed by atoms with Crippen LogP contribution in [0.2, 0.25) is 0 Å². The Morgan fingerprint density at radius 3 is 2.19 bits per heavy atom. The van der Waals surface area contributed by atoms with Crippen molar-refractivity contribution in [3.8, 4) is 0 Å². The molecule has 0 rings (SSSR count). The molecule has 16 heavy (non-hydrogen) atoms. The Morgan fingerprint density at radius 1 is 1.31 bits per heavy atom. The summed E-state index contributed by atoms with van der Waals surface area (Å²) in [4.78, 5) is 25.3. The highest BCUT2D eigenvalue weighted by atomic mass is 31.3. The van der Waals surface area contributed by atoms with Gasteiger partial charge in [0.2, 0.25) is 6.10 Å². The average molecular weight is 279 g/mol. The van der Waals surface area contributed by atoms with Crippen LogP contribution in [0.3, 0.4) is 0 Å². The SMILES string of the molecule is C[C+](CO)[C@H](O)COP(=O)(O)OP(=O)(O)O. The van der Waals surface area contributed by atoms with E-state index in [2.05, 4.69) is 8.83 Å². The smallest absolute Gasteiger partial charge is 0.355 e. The van der Waals surface area contributed by atoms with Gasteiger partial charge in [-0.25, -0.2) is 9.13 Å². The van der Waals surface area contributed by atoms with Crippen LogP contribution in [-0.4, -0.2) is 44.2 Å². The van der Waals surface area contributed by atoms with Gasteiger partial charge in [0.1, 0.15) is 12.5 Å². The molecule has 1 unspecified atom stereocenters. The number of rotatable bonds is 7. The van der Waals surface area contributed by atoms with Gasteiger partial charge in [-0.05, 0) is 0 Å². The Hall–Kier alpha value is 0.0500. The lowest BCUT2D eigenvalue weighted by atomic mass is 10.1. The zero-order valence-electron chi connectivity index (χ0n) is 8.26. The average Bonchev–Trinajstić information content (AvgIpc) is 2.09. The third-order valence-electron chi connectivity index (χ3n) is 1.42. The van der Waals surface area contributed by atoms with Gasteiger partial charge < -0.3 is 24.9 Å². The first-order valence-electron chi connectivity index (χ1n) is 3.93.